The van der Waals surface area contributed by atoms with Crippen molar-refractivity contribution in [3.63, 3.8) is 0 Å². The number of amides is 3. The average Bonchev–Trinajstić information content (AvgIpc) is 3.18. The fourth-order valence-corrected chi connectivity index (χ4v) is 6.01. The first kappa shape index (κ1) is 18.2. The molecule has 0 radical (unpaired) electrons. The molecule has 4 nitrogen and oxygen atoms in total. The monoisotopic (exact) mass is 426 g/mol. The number of fused-ring (bicyclic) bond motifs is 2. The highest BCUT2D eigenvalue weighted by Gasteiger charge is 2.54. The number of halogens is 2. The van der Waals surface area contributed by atoms with E-state index in [1.807, 2.05) is 11.4 Å². The summed E-state index contributed by atoms with van der Waals surface area (Å²) in [5.74, 6) is 0.422. The SMILES string of the molecule is O=C1N[C@@]2(CCCc3sccc32)C(=O)N1CCSc1cc(Cl)ccc1Cl. The van der Waals surface area contributed by atoms with Gasteiger partial charge in [0.15, 0.2) is 0 Å². The molecule has 0 bridgehead atoms. The molecular formula is C18H16Cl2N2O2S2. The topological polar surface area (TPSA) is 49.4 Å². The van der Waals surface area contributed by atoms with Crippen molar-refractivity contribution >= 4 is 58.2 Å². The Balaban J connectivity index is 1.48. The molecule has 1 aliphatic carbocycles. The molecule has 2 aromatic rings. The maximum Gasteiger partial charge on any atom is 0.325 e. The highest BCUT2D eigenvalue weighted by Crippen LogP contribution is 2.42. The number of hydrogen-bond donors (Lipinski definition) is 1. The molecule has 1 saturated heterocycles. The number of carbonyl (C=O) groups is 2. The van der Waals surface area contributed by atoms with Crippen LogP contribution in [0.15, 0.2) is 34.5 Å². The van der Waals surface area contributed by atoms with Crippen molar-refractivity contribution in [3.8, 4) is 0 Å². The molecule has 1 aromatic heterocycles. The summed E-state index contributed by atoms with van der Waals surface area (Å²) in [5, 5.41) is 6.19. The van der Waals surface area contributed by atoms with Gasteiger partial charge in [-0.25, -0.2) is 4.79 Å². The van der Waals surface area contributed by atoms with E-state index >= 15 is 0 Å². The Morgan fingerprint density at radius 2 is 2.12 bits per heavy atom. The predicted octanol–water partition coefficient (Wildman–Crippen LogP) is 4.93. The molecule has 2 heterocycles. The predicted molar refractivity (Wildman–Crippen MR) is 106 cm³/mol. The lowest BCUT2D eigenvalue weighted by Crippen LogP contribution is -2.46. The molecule has 1 aromatic carbocycles. The summed E-state index contributed by atoms with van der Waals surface area (Å²) in [7, 11) is 0. The van der Waals surface area contributed by atoms with Crippen LogP contribution in [0.3, 0.4) is 0 Å². The summed E-state index contributed by atoms with van der Waals surface area (Å²) in [4.78, 5) is 29.0. The number of urea groups is 1. The van der Waals surface area contributed by atoms with E-state index in [1.165, 1.54) is 21.5 Å². The van der Waals surface area contributed by atoms with Crippen LogP contribution in [0.2, 0.25) is 10.0 Å². The van der Waals surface area contributed by atoms with Crippen molar-refractivity contribution in [2.75, 3.05) is 12.3 Å². The molecule has 4 rings (SSSR count). The lowest BCUT2D eigenvalue weighted by Gasteiger charge is -2.31. The van der Waals surface area contributed by atoms with E-state index in [2.05, 4.69) is 5.32 Å². The molecule has 1 N–H and O–H groups in total. The van der Waals surface area contributed by atoms with Gasteiger partial charge in [0.1, 0.15) is 5.54 Å². The van der Waals surface area contributed by atoms with Crippen molar-refractivity contribution in [1.82, 2.24) is 10.2 Å². The van der Waals surface area contributed by atoms with Crippen molar-refractivity contribution in [2.24, 2.45) is 0 Å². The standard InChI is InChI=1S/C18H16Cl2N2O2S2/c19-11-3-4-13(20)15(10-11)26-9-7-22-16(23)18(21-17(22)24)6-1-2-14-12(18)5-8-25-14/h3-5,8,10H,1-2,6-7,9H2,(H,21,24)/t18-/m1/s1. The van der Waals surface area contributed by atoms with Crippen molar-refractivity contribution in [3.05, 3.63) is 50.1 Å². The van der Waals surface area contributed by atoms with Crippen molar-refractivity contribution in [2.45, 2.75) is 29.7 Å². The molecular weight excluding hydrogens is 411 g/mol. The fourth-order valence-electron chi connectivity index (χ4n) is 3.58. The summed E-state index contributed by atoms with van der Waals surface area (Å²) < 4.78 is 0. The number of imide groups is 1. The Labute approximate surface area is 169 Å². The van der Waals surface area contributed by atoms with Crippen LogP contribution in [0.1, 0.15) is 23.3 Å². The Bertz CT molecular complexity index is 886. The summed E-state index contributed by atoms with van der Waals surface area (Å²) in [6.45, 7) is 0.333. The van der Waals surface area contributed by atoms with Crippen LogP contribution in [-0.2, 0) is 16.8 Å². The van der Waals surface area contributed by atoms with Gasteiger partial charge in [-0.05, 0) is 48.9 Å². The number of thioether (sulfide) groups is 1. The number of nitrogens with zero attached hydrogens (tertiary/aromatic N) is 1. The van der Waals surface area contributed by atoms with Crippen molar-refractivity contribution < 1.29 is 9.59 Å². The Morgan fingerprint density at radius 1 is 1.27 bits per heavy atom. The Hall–Kier alpha value is -1.21. The number of hydrogen-bond acceptors (Lipinski definition) is 4. The largest absolute Gasteiger partial charge is 0.325 e. The van der Waals surface area contributed by atoms with Crippen LogP contribution in [0.25, 0.3) is 0 Å². The van der Waals surface area contributed by atoms with Gasteiger partial charge < -0.3 is 5.32 Å². The van der Waals surface area contributed by atoms with E-state index in [1.54, 1.807) is 29.5 Å². The van der Waals surface area contributed by atoms with Gasteiger partial charge in [0, 0.05) is 32.7 Å². The third-order valence-corrected chi connectivity index (χ3v) is 7.50. The molecule has 0 unspecified atom stereocenters. The zero-order valence-electron chi connectivity index (χ0n) is 13.8. The second kappa shape index (κ2) is 7.08. The van der Waals surface area contributed by atoms with E-state index in [0.717, 1.165) is 23.3 Å². The number of rotatable bonds is 4. The molecule has 1 spiro atoms. The average molecular weight is 427 g/mol. The number of benzene rings is 1. The van der Waals surface area contributed by atoms with Crippen LogP contribution in [0, 0.1) is 0 Å². The fraction of sp³-hybridized carbons (Fsp3) is 0.333. The summed E-state index contributed by atoms with van der Waals surface area (Å²) in [6.07, 6.45) is 2.53. The highest BCUT2D eigenvalue weighted by atomic mass is 35.5. The maximum atomic E-state index is 13.1. The lowest BCUT2D eigenvalue weighted by atomic mass is 9.80. The number of carbonyl (C=O) groups excluding carboxylic acids is 2. The second-order valence-corrected chi connectivity index (χ2v) is 9.31. The van der Waals surface area contributed by atoms with Crippen LogP contribution < -0.4 is 5.32 Å². The Kier molecular flexibility index (Phi) is 4.94. The molecule has 8 heteroatoms. The zero-order chi connectivity index (χ0) is 18.3. The third kappa shape index (κ3) is 3.03. The van der Waals surface area contributed by atoms with E-state index < -0.39 is 5.54 Å². The quantitative estimate of drug-likeness (QED) is 0.556. The first-order valence-electron chi connectivity index (χ1n) is 8.30. The van der Waals surface area contributed by atoms with Crippen molar-refractivity contribution in [1.29, 1.82) is 0 Å². The summed E-state index contributed by atoms with van der Waals surface area (Å²) in [6, 6.07) is 6.93. The third-order valence-electron chi connectivity index (χ3n) is 4.80. The number of nitrogens with one attached hydrogen (secondary N) is 1. The first-order chi connectivity index (χ1) is 12.5. The minimum atomic E-state index is -0.872. The number of thiophene rings is 1. The zero-order valence-corrected chi connectivity index (χ0v) is 16.9. The minimum Gasteiger partial charge on any atom is -0.319 e. The van der Waals surface area contributed by atoms with E-state index in [0.29, 0.717) is 28.8 Å². The molecule has 3 amide bonds. The molecule has 0 saturated carbocycles. The van der Waals surface area contributed by atoms with Gasteiger partial charge in [0.2, 0.25) is 0 Å². The molecule has 1 atom stereocenters. The lowest BCUT2D eigenvalue weighted by molar-refractivity contribution is -0.132. The van der Waals surface area contributed by atoms with Gasteiger partial charge in [-0.3, -0.25) is 9.69 Å². The molecule has 136 valence electrons. The van der Waals surface area contributed by atoms with Crippen LogP contribution in [0.5, 0.6) is 0 Å². The van der Waals surface area contributed by atoms with Gasteiger partial charge in [0.05, 0.1) is 5.02 Å². The summed E-state index contributed by atoms with van der Waals surface area (Å²) >= 11 is 15.3. The minimum absolute atomic E-state index is 0.139. The van der Waals surface area contributed by atoms with Crippen LogP contribution in [0.4, 0.5) is 4.79 Å². The first-order valence-corrected chi connectivity index (χ1v) is 10.9. The van der Waals surface area contributed by atoms with Crippen LogP contribution >= 0.6 is 46.3 Å². The normalized spacial score (nSPS) is 22.0. The van der Waals surface area contributed by atoms with E-state index in [4.69, 9.17) is 23.2 Å². The maximum absolute atomic E-state index is 13.1. The van der Waals surface area contributed by atoms with Crippen LogP contribution in [-0.4, -0.2) is 29.1 Å². The summed E-state index contributed by atoms with van der Waals surface area (Å²) in [5.41, 5.74) is 0.100. The Morgan fingerprint density at radius 3 is 2.96 bits per heavy atom. The number of aryl methyl sites for hydroxylation is 1. The van der Waals surface area contributed by atoms with E-state index in [9.17, 15) is 9.59 Å². The molecule has 2 aliphatic rings. The second-order valence-electron chi connectivity index (χ2n) is 6.33. The smallest absolute Gasteiger partial charge is 0.319 e. The molecule has 1 aliphatic heterocycles. The van der Waals surface area contributed by atoms with Gasteiger partial charge in [-0.1, -0.05) is 23.2 Å². The van der Waals surface area contributed by atoms with Gasteiger partial charge in [0.25, 0.3) is 5.91 Å². The molecule has 26 heavy (non-hydrogen) atoms. The molecule has 1 fully saturated rings. The van der Waals surface area contributed by atoms with Gasteiger partial charge in [-0.15, -0.1) is 23.1 Å². The highest BCUT2D eigenvalue weighted by molar-refractivity contribution is 7.99. The van der Waals surface area contributed by atoms with Gasteiger partial charge >= 0.3 is 6.03 Å². The van der Waals surface area contributed by atoms with Gasteiger partial charge in [-0.2, -0.15) is 0 Å². The van der Waals surface area contributed by atoms with E-state index in [-0.39, 0.29) is 11.9 Å².